The molecule has 21 heavy (non-hydrogen) atoms. The molecule has 0 aliphatic carbocycles. The molecule has 3 aromatic rings. The smallest absolute Gasteiger partial charge is 0.100 e. The van der Waals surface area contributed by atoms with Crippen molar-refractivity contribution in [1.82, 2.24) is 9.55 Å². The second-order valence-corrected chi connectivity index (χ2v) is 5.26. The van der Waals surface area contributed by atoms with Gasteiger partial charge in [-0.25, -0.2) is 4.98 Å². The summed E-state index contributed by atoms with van der Waals surface area (Å²) in [5.74, 6) is 0. The van der Waals surface area contributed by atoms with Crippen LogP contribution < -0.4 is 5.73 Å². The topological polar surface area (TPSA) is 67.6 Å². The molecule has 0 aliphatic heterocycles. The lowest BCUT2D eigenvalue weighted by atomic mass is 10.1. The van der Waals surface area contributed by atoms with Gasteiger partial charge in [0.2, 0.25) is 0 Å². The van der Waals surface area contributed by atoms with E-state index in [1.165, 1.54) is 11.1 Å². The van der Waals surface area contributed by atoms with Crippen LogP contribution in [0, 0.1) is 25.2 Å². The van der Waals surface area contributed by atoms with Crippen LogP contribution in [0.3, 0.4) is 0 Å². The van der Waals surface area contributed by atoms with Gasteiger partial charge in [-0.05, 0) is 60.9 Å². The summed E-state index contributed by atoms with van der Waals surface area (Å²) in [5, 5.41) is 8.88. The number of hydrogen-bond acceptors (Lipinski definition) is 3. The fraction of sp³-hybridized carbons (Fsp3) is 0.176. The van der Waals surface area contributed by atoms with Gasteiger partial charge in [0, 0.05) is 11.4 Å². The maximum absolute atomic E-state index is 8.88. The van der Waals surface area contributed by atoms with Crippen LogP contribution in [-0.2, 0) is 6.42 Å². The normalized spacial score (nSPS) is 10.7. The highest BCUT2D eigenvalue weighted by Gasteiger charge is 2.08. The fourth-order valence-electron chi connectivity index (χ4n) is 2.45. The van der Waals surface area contributed by atoms with E-state index in [9.17, 15) is 0 Å². The van der Waals surface area contributed by atoms with Gasteiger partial charge in [-0.15, -0.1) is 0 Å². The van der Waals surface area contributed by atoms with E-state index in [0.29, 0.717) is 12.1 Å². The number of nitrogens with two attached hydrogens (primary N) is 1. The minimum absolute atomic E-state index is 0.310. The zero-order chi connectivity index (χ0) is 15.0. The van der Waals surface area contributed by atoms with E-state index in [2.05, 4.69) is 37.0 Å². The molecule has 0 spiro atoms. The van der Waals surface area contributed by atoms with Crippen molar-refractivity contribution >= 4 is 16.7 Å². The molecule has 2 aromatic carbocycles. The van der Waals surface area contributed by atoms with Gasteiger partial charge in [0.15, 0.2) is 0 Å². The summed E-state index contributed by atoms with van der Waals surface area (Å²) in [6, 6.07) is 12.1. The molecule has 4 nitrogen and oxygen atoms in total. The van der Waals surface area contributed by atoms with Crippen LogP contribution >= 0.6 is 0 Å². The van der Waals surface area contributed by atoms with Crippen molar-refractivity contribution in [3.05, 3.63) is 53.3 Å². The number of nitriles is 1. The lowest BCUT2D eigenvalue weighted by Gasteiger charge is -2.09. The minimum Gasteiger partial charge on any atom is -0.398 e. The van der Waals surface area contributed by atoms with Gasteiger partial charge < -0.3 is 5.73 Å². The van der Waals surface area contributed by atoms with Crippen LogP contribution in [0.4, 0.5) is 5.69 Å². The van der Waals surface area contributed by atoms with Crippen molar-refractivity contribution < 1.29 is 0 Å². The predicted octanol–water partition coefficient (Wildman–Crippen LogP) is 3.29. The molecule has 0 bridgehead atoms. The fourth-order valence-corrected chi connectivity index (χ4v) is 2.45. The summed E-state index contributed by atoms with van der Waals surface area (Å²) in [6.45, 7) is 4.18. The van der Waals surface area contributed by atoms with E-state index < -0.39 is 0 Å². The number of aryl methyl sites for hydroxylation is 2. The van der Waals surface area contributed by atoms with Crippen LogP contribution in [-0.4, -0.2) is 9.55 Å². The largest absolute Gasteiger partial charge is 0.398 e. The van der Waals surface area contributed by atoms with E-state index >= 15 is 0 Å². The average Bonchev–Trinajstić information content (AvgIpc) is 2.85. The van der Waals surface area contributed by atoms with E-state index in [0.717, 1.165) is 22.3 Å². The Labute approximate surface area is 123 Å². The zero-order valence-corrected chi connectivity index (χ0v) is 12.1. The summed E-state index contributed by atoms with van der Waals surface area (Å²) in [6.07, 6.45) is 2.12. The van der Waals surface area contributed by atoms with Gasteiger partial charge in [0.25, 0.3) is 0 Å². The quantitative estimate of drug-likeness (QED) is 0.730. The summed E-state index contributed by atoms with van der Waals surface area (Å²) >= 11 is 0. The molecule has 0 radical (unpaired) electrons. The Balaban J connectivity index is 2.19. The maximum Gasteiger partial charge on any atom is 0.100 e. The molecular formula is C17H16N4. The molecule has 104 valence electrons. The first kappa shape index (κ1) is 13.2. The molecule has 0 amide bonds. The second kappa shape index (κ2) is 4.95. The molecule has 0 aliphatic rings. The van der Waals surface area contributed by atoms with E-state index in [1.54, 1.807) is 0 Å². The number of benzene rings is 2. The summed E-state index contributed by atoms with van der Waals surface area (Å²) < 4.78 is 2.03. The first-order chi connectivity index (χ1) is 10.1. The Kier molecular flexibility index (Phi) is 3.11. The van der Waals surface area contributed by atoms with Gasteiger partial charge in [0.05, 0.1) is 23.5 Å². The van der Waals surface area contributed by atoms with Crippen molar-refractivity contribution in [3.8, 4) is 11.8 Å². The highest BCUT2D eigenvalue weighted by Crippen LogP contribution is 2.24. The molecule has 0 saturated carbocycles. The molecule has 1 heterocycles. The lowest BCUT2D eigenvalue weighted by molar-refractivity contribution is 1.08. The third kappa shape index (κ3) is 2.23. The van der Waals surface area contributed by atoms with Crippen LogP contribution in [0.25, 0.3) is 16.7 Å². The zero-order valence-electron chi connectivity index (χ0n) is 12.1. The number of imidazole rings is 1. The van der Waals surface area contributed by atoms with Gasteiger partial charge in [-0.1, -0.05) is 0 Å². The molecule has 0 atom stereocenters. The SMILES string of the molecule is Cc1cc2ncn(-c3ccc(N)c(CC#N)c3)c2cc1C. The van der Waals surface area contributed by atoms with Crippen molar-refractivity contribution in [1.29, 1.82) is 5.26 Å². The number of nitrogen functional groups attached to an aromatic ring is 1. The van der Waals surface area contributed by atoms with Crippen LogP contribution in [0.5, 0.6) is 0 Å². The molecule has 0 fully saturated rings. The van der Waals surface area contributed by atoms with Crippen molar-refractivity contribution in [2.75, 3.05) is 5.73 Å². The van der Waals surface area contributed by atoms with Crippen molar-refractivity contribution in [2.45, 2.75) is 20.3 Å². The number of aromatic nitrogens is 2. The first-order valence-corrected chi connectivity index (χ1v) is 6.80. The summed E-state index contributed by atoms with van der Waals surface area (Å²) in [4.78, 5) is 4.46. The third-order valence-corrected chi connectivity index (χ3v) is 3.84. The Morgan fingerprint density at radius 2 is 1.95 bits per heavy atom. The monoisotopic (exact) mass is 276 g/mol. The van der Waals surface area contributed by atoms with E-state index in [4.69, 9.17) is 11.0 Å². The lowest BCUT2D eigenvalue weighted by Crippen LogP contribution is -1.98. The molecule has 0 unspecified atom stereocenters. The number of nitrogens with zero attached hydrogens (tertiary/aromatic N) is 3. The first-order valence-electron chi connectivity index (χ1n) is 6.80. The number of rotatable bonds is 2. The predicted molar refractivity (Wildman–Crippen MR) is 84.3 cm³/mol. The Morgan fingerprint density at radius 1 is 1.19 bits per heavy atom. The third-order valence-electron chi connectivity index (χ3n) is 3.84. The average molecular weight is 276 g/mol. The molecule has 3 rings (SSSR count). The summed E-state index contributed by atoms with van der Waals surface area (Å²) in [5.41, 5.74) is 12.9. The molecule has 4 heteroatoms. The molecule has 0 saturated heterocycles. The molecule has 2 N–H and O–H groups in total. The maximum atomic E-state index is 8.88. The van der Waals surface area contributed by atoms with Gasteiger partial charge in [-0.3, -0.25) is 4.57 Å². The molecule has 1 aromatic heterocycles. The summed E-state index contributed by atoms with van der Waals surface area (Å²) in [7, 11) is 0. The van der Waals surface area contributed by atoms with E-state index in [-0.39, 0.29) is 0 Å². The number of fused-ring (bicyclic) bond motifs is 1. The van der Waals surface area contributed by atoms with Gasteiger partial charge >= 0.3 is 0 Å². The van der Waals surface area contributed by atoms with E-state index in [1.807, 2.05) is 29.1 Å². The number of hydrogen-bond donors (Lipinski definition) is 1. The Morgan fingerprint density at radius 3 is 2.71 bits per heavy atom. The van der Waals surface area contributed by atoms with Crippen LogP contribution in [0.1, 0.15) is 16.7 Å². The van der Waals surface area contributed by atoms with Crippen molar-refractivity contribution in [3.63, 3.8) is 0 Å². The van der Waals surface area contributed by atoms with Crippen molar-refractivity contribution in [2.24, 2.45) is 0 Å². The highest BCUT2D eigenvalue weighted by atomic mass is 15.0. The second-order valence-electron chi connectivity index (χ2n) is 5.26. The van der Waals surface area contributed by atoms with Gasteiger partial charge in [-0.2, -0.15) is 5.26 Å². The van der Waals surface area contributed by atoms with Crippen LogP contribution in [0.2, 0.25) is 0 Å². The standard InChI is InChI=1S/C17H16N4/c1-11-7-16-17(8-12(11)2)21(10-20-16)14-3-4-15(19)13(9-14)5-6-18/h3-4,7-10H,5,19H2,1-2H3. The highest BCUT2D eigenvalue weighted by molar-refractivity contribution is 5.79. The Bertz CT molecular complexity index is 868. The van der Waals surface area contributed by atoms with Crippen LogP contribution in [0.15, 0.2) is 36.7 Å². The minimum atomic E-state index is 0.310. The molecular weight excluding hydrogens is 260 g/mol. The Hall–Kier alpha value is -2.80. The van der Waals surface area contributed by atoms with Gasteiger partial charge in [0.1, 0.15) is 6.33 Å². The number of anilines is 1.